The van der Waals surface area contributed by atoms with Crippen LogP contribution in [-0.2, 0) is 0 Å². The average molecular weight is 462 g/mol. The van der Waals surface area contributed by atoms with Crippen LogP contribution in [0.4, 0.5) is 5.13 Å². The first kappa shape index (κ1) is 19.2. The quantitative estimate of drug-likeness (QED) is 0.544. The lowest BCUT2D eigenvalue weighted by Crippen LogP contribution is -2.33. The normalized spacial score (nSPS) is 12.7. The fourth-order valence-corrected chi connectivity index (χ4v) is 4.43. The largest absolute Gasteiger partial charge is 0.454 e. The maximum Gasteiger partial charge on any atom is 0.260 e. The number of fused-ring (bicyclic) bond motifs is 2. The van der Waals surface area contributed by atoms with E-state index in [9.17, 15) is 4.79 Å². The van der Waals surface area contributed by atoms with Gasteiger partial charge in [-0.05, 0) is 45.3 Å². The van der Waals surface area contributed by atoms with Crippen molar-refractivity contribution in [2.24, 2.45) is 0 Å². The number of hydrogen-bond donors (Lipinski definition) is 0. The minimum atomic E-state index is -0.0563. The lowest BCUT2D eigenvalue weighted by molar-refractivity contribution is 0.0986. The van der Waals surface area contributed by atoms with Gasteiger partial charge in [0.05, 0.1) is 10.2 Å². The molecule has 146 valence electrons. The summed E-state index contributed by atoms with van der Waals surface area (Å²) in [5, 5.41) is 0.683. The van der Waals surface area contributed by atoms with Gasteiger partial charge in [-0.2, -0.15) is 0 Å². The van der Waals surface area contributed by atoms with Crippen molar-refractivity contribution in [3.8, 4) is 11.5 Å². The molecule has 0 atom stereocenters. The summed E-state index contributed by atoms with van der Waals surface area (Å²) in [5.74, 6) is 1.36. The number of hydrogen-bond acceptors (Lipinski definition) is 6. The number of carbonyl (C=O) groups is 1. The Morgan fingerprint density at radius 3 is 2.71 bits per heavy atom. The highest BCUT2D eigenvalue weighted by atomic mass is 79.9. The van der Waals surface area contributed by atoms with Gasteiger partial charge in [0, 0.05) is 28.7 Å². The Kier molecular flexibility index (Phi) is 5.52. The number of aromatic nitrogens is 1. The maximum atomic E-state index is 13.3. The van der Waals surface area contributed by atoms with Crippen molar-refractivity contribution in [1.82, 2.24) is 9.88 Å². The molecule has 0 saturated heterocycles. The monoisotopic (exact) mass is 461 g/mol. The van der Waals surface area contributed by atoms with Gasteiger partial charge < -0.3 is 14.4 Å². The third kappa shape index (κ3) is 3.99. The topological polar surface area (TPSA) is 54.9 Å². The predicted octanol–water partition coefficient (Wildman–Crippen LogP) is 4.39. The average Bonchev–Trinajstić information content (AvgIpc) is 3.28. The fourth-order valence-electron chi connectivity index (χ4n) is 3.03. The second-order valence-electron chi connectivity index (χ2n) is 6.79. The second kappa shape index (κ2) is 8.06. The molecule has 4 rings (SSSR count). The number of halogens is 1. The predicted molar refractivity (Wildman–Crippen MR) is 115 cm³/mol. The highest BCUT2D eigenvalue weighted by molar-refractivity contribution is 9.10. The molecule has 1 aliphatic rings. The summed E-state index contributed by atoms with van der Waals surface area (Å²) >= 11 is 4.94. The molecule has 0 N–H and O–H groups in total. The van der Waals surface area contributed by atoms with E-state index in [0.717, 1.165) is 33.4 Å². The highest BCUT2D eigenvalue weighted by Crippen LogP contribution is 2.40. The number of anilines is 1. The zero-order valence-corrected chi connectivity index (χ0v) is 18.0. The summed E-state index contributed by atoms with van der Waals surface area (Å²) in [6.07, 6.45) is 0.853. The van der Waals surface area contributed by atoms with Gasteiger partial charge in [0.15, 0.2) is 16.6 Å². The fraction of sp³-hybridized carbons (Fsp3) is 0.300. The molecule has 0 radical (unpaired) electrons. The molecule has 0 fully saturated rings. The third-order valence-corrected chi connectivity index (χ3v) is 5.94. The molecular formula is C20H20BrN3O3S. The van der Waals surface area contributed by atoms with Crippen LogP contribution in [0.1, 0.15) is 16.8 Å². The van der Waals surface area contributed by atoms with E-state index in [1.165, 1.54) is 11.3 Å². The molecule has 1 aromatic heterocycles. The van der Waals surface area contributed by atoms with Gasteiger partial charge >= 0.3 is 0 Å². The summed E-state index contributed by atoms with van der Waals surface area (Å²) in [6, 6.07) is 11.2. The summed E-state index contributed by atoms with van der Waals surface area (Å²) in [7, 11) is 4.05. The molecule has 6 nitrogen and oxygen atoms in total. The highest BCUT2D eigenvalue weighted by Gasteiger charge is 2.23. The number of rotatable bonds is 6. The molecule has 0 aliphatic carbocycles. The Labute approximate surface area is 175 Å². The minimum Gasteiger partial charge on any atom is -0.454 e. The van der Waals surface area contributed by atoms with E-state index in [2.05, 4.69) is 20.8 Å². The standard InChI is InChI=1S/C20H20BrN3O3S/c1-23(2)7-4-8-24(19(25)13-5-3-6-14(21)9-13)20-22-15-10-16-17(27-12-26-16)11-18(15)28-20/h3,5-6,9-11H,4,7-8,12H2,1-2H3. The van der Waals surface area contributed by atoms with E-state index in [-0.39, 0.29) is 12.7 Å². The lowest BCUT2D eigenvalue weighted by atomic mass is 10.2. The first-order valence-corrected chi connectivity index (χ1v) is 10.5. The van der Waals surface area contributed by atoms with Crippen LogP contribution < -0.4 is 14.4 Å². The molecule has 1 aliphatic heterocycles. The lowest BCUT2D eigenvalue weighted by Gasteiger charge is -2.21. The van der Waals surface area contributed by atoms with E-state index in [4.69, 9.17) is 14.5 Å². The maximum absolute atomic E-state index is 13.3. The van der Waals surface area contributed by atoms with Crippen LogP contribution in [0.2, 0.25) is 0 Å². The number of carbonyl (C=O) groups excluding carboxylic acids is 1. The van der Waals surface area contributed by atoms with Crippen LogP contribution in [0.3, 0.4) is 0 Å². The van der Waals surface area contributed by atoms with Crippen molar-refractivity contribution in [1.29, 1.82) is 0 Å². The number of amides is 1. The van der Waals surface area contributed by atoms with E-state index >= 15 is 0 Å². The first-order chi connectivity index (χ1) is 13.5. The summed E-state index contributed by atoms with van der Waals surface area (Å²) in [5.41, 5.74) is 1.44. The summed E-state index contributed by atoms with van der Waals surface area (Å²) in [6.45, 7) is 1.72. The Morgan fingerprint density at radius 2 is 1.96 bits per heavy atom. The van der Waals surface area contributed by atoms with Crippen LogP contribution in [-0.4, -0.2) is 49.8 Å². The summed E-state index contributed by atoms with van der Waals surface area (Å²) in [4.78, 5) is 21.9. The molecule has 0 saturated carbocycles. The van der Waals surface area contributed by atoms with E-state index in [1.54, 1.807) is 4.90 Å². The van der Waals surface area contributed by atoms with Gasteiger partial charge in [0.2, 0.25) is 6.79 Å². The van der Waals surface area contributed by atoms with Gasteiger partial charge in [-0.25, -0.2) is 4.98 Å². The molecule has 0 bridgehead atoms. The van der Waals surface area contributed by atoms with Crippen LogP contribution in [0.5, 0.6) is 11.5 Å². The van der Waals surface area contributed by atoms with Crippen LogP contribution in [0.25, 0.3) is 10.2 Å². The Morgan fingerprint density at radius 1 is 1.18 bits per heavy atom. The van der Waals surface area contributed by atoms with E-state index in [1.807, 2.05) is 50.5 Å². The zero-order chi connectivity index (χ0) is 19.7. The molecule has 1 amide bonds. The van der Waals surface area contributed by atoms with Gasteiger partial charge in [-0.1, -0.05) is 33.3 Å². The smallest absolute Gasteiger partial charge is 0.260 e. The third-order valence-electron chi connectivity index (χ3n) is 4.41. The number of thiazole rings is 1. The number of ether oxygens (including phenoxy) is 2. The molecule has 2 aromatic carbocycles. The van der Waals surface area contributed by atoms with Gasteiger partial charge in [0.1, 0.15) is 0 Å². The number of benzene rings is 2. The number of nitrogens with zero attached hydrogens (tertiary/aromatic N) is 3. The van der Waals surface area contributed by atoms with Crippen molar-refractivity contribution in [2.75, 3.05) is 38.9 Å². The SMILES string of the molecule is CN(C)CCCN(C(=O)c1cccc(Br)c1)c1nc2cc3c(cc2s1)OCO3. The van der Waals surface area contributed by atoms with Crippen LogP contribution >= 0.6 is 27.3 Å². The van der Waals surface area contributed by atoms with Crippen LogP contribution in [0, 0.1) is 0 Å². The van der Waals surface area contributed by atoms with E-state index < -0.39 is 0 Å². The Balaban J connectivity index is 1.68. The molecule has 3 aromatic rings. The van der Waals surface area contributed by atoms with Gasteiger partial charge in [0.25, 0.3) is 5.91 Å². The van der Waals surface area contributed by atoms with E-state index in [0.29, 0.717) is 23.0 Å². The van der Waals surface area contributed by atoms with Crippen molar-refractivity contribution in [3.05, 3.63) is 46.4 Å². The molecular weight excluding hydrogens is 442 g/mol. The van der Waals surface area contributed by atoms with Crippen molar-refractivity contribution in [3.63, 3.8) is 0 Å². The van der Waals surface area contributed by atoms with Crippen molar-refractivity contribution in [2.45, 2.75) is 6.42 Å². The van der Waals surface area contributed by atoms with Crippen molar-refractivity contribution < 1.29 is 14.3 Å². The molecule has 28 heavy (non-hydrogen) atoms. The first-order valence-electron chi connectivity index (χ1n) is 8.93. The van der Waals surface area contributed by atoms with Crippen molar-refractivity contribution >= 4 is 48.5 Å². The van der Waals surface area contributed by atoms with Gasteiger partial charge in [-0.3, -0.25) is 9.69 Å². The van der Waals surface area contributed by atoms with Crippen LogP contribution in [0.15, 0.2) is 40.9 Å². The molecule has 8 heteroatoms. The zero-order valence-electron chi connectivity index (χ0n) is 15.6. The Hall–Kier alpha value is -2.16. The van der Waals surface area contributed by atoms with Gasteiger partial charge in [-0.15, -0.1) is 0 Å². The Bertz CT molecular complexity index is 980. The molecule has 0 spiro atoms. The second-order valence-corrected chi connectivity index (χ2v) is 8.72. The summed E-state index contributed by atoms with van der Waals surface area (Å²) < 4.78 is 12.8. The minimum absolute atomic E-state index is 0.0563. The molecule has 0 unspecified atom stereocenters. The molecule has 2 heterocycles.